The first-order valence-electron chi connectivity index (χ1n) is 10.1. The highest BCUT2D eigenvalue weighted by Crippen LogP contribution is 2.23. The number of hydrogen-bond donors (Lipinski definition) is 1. The van der Waals surface area contributed by atoms with Crippen LogP contribution in [-0.2, 0) is 4.74 Å². The Labute approximate surface area is 163 Å². The van der Waals surface area contributed by atoms with E-state index in [9.17, 15) is 0 Å². The first kappa shape index (κ1) is 19.6. The Morgan fingerprint density at radius 1 is 1.15 bits per heavy atom. The minimum atomic E-state index is 0.557. The standard InChI is InChI=1S/C21H33N3OS/c1-17(2)18-6-8-19(9-7-18)22-21(26)24-11-4-3-5-20(24)10-12-23-13-15-25-16-14-23/h6-9,17,20H,3-5,10-16H2,1-2H3,(H,22,26)/t20-/m0/s1. The van der Waals surface area contributed by atoms with Crippen LogP contribution in [0, 0.1) is 0 Å². The van der Waals surface area contributed by atoms with E-state index in [0.29, 0.717) is 12.0 Å². The van der Waals surface area contributed by atoms with E-state index in [4.69, 9.17) is 17.0 Å². The van der Waals surface area contributed by atoms with Crippen molar-refractivity contribution < 1.29 is 4.74 Å². The highest BCUT2D eigenvalue weighted by Gasteiger charge is 2.25. The second-order valence-corrected chi connectivity index (χ2v) is 8.18. The van der Waals surface area contributed by atoms with Crippen molar-refractivity contribution >= 4 is 23.0 Å². The van der Waals surface area contributed by atoms with Crippen LogP contribution in [0.2, 0.25) is 0 Å². The molecule has 1 N–H and O–H groups in total. The van der Waals surface area contributed by atoms with Gasteiger partial charge in [-0.3, -0.25) is 4.90 Å². The molecule has 1 aromatic carbocycles. The molecule has 0 bridgehead atoms. The third kappa shape index (κ3) is 5.41. The quantitative estimate of drug-likeness (QED) is 0.783. The molecule has 26 heavy (non-hydrogen) atoms. The number of nitrogens with one attached hydrogen (secondary N) is 1. The Kier molecular flexibility index (Phi) is 7.29. The Hall–Kier alpha value is -1.17. The van der Waals surface area contributed by atoms with Crippen LogP contribution in [0.5, 0.6) is 0 Å². The van der Waals surface area contributed by atoms with Crippen LogP contribution >= 0.6 is 12.2 Å². The van der Waals surface area contributed by atoms with Crippen molar-refractivity contribution in [3.05, 3.63) is 29.8 Å². The second kappa shape index (κ2) is 9.67. The number of piperidine rings is 1. The molecule has 5 heteroatoms. The van der Waals surface area contributed by atoms with Crippen LogP contribution in [0.25, 0.3) is 0 Å². The fraction of sp³-hybridized carbons (Fsp3) is 0.667. The normalized spacial score (nSPS) is 21.8. The molecule has 0 saturated carbocycles. The zero-order chi connectivity index (χ0) is 18.4. The van der Waals surface area contributed by atoms with E-state index in [1.54, 1.807) is 0 Å². The summed E-state index contributed by atoms with van der Waals surface area (Å²) in [5.74, 6) is 0.558. The molecule has 0 spiro atoms. The predicted octanol–water partition coefficient (Wildman–Crippen LogP) is 4.08. The van der Waals surface area contributed by atoms with E-state index >= 15 is 0 Å². The van der Waals surface area contributed by atoms with Gasteiger partial charge in [0.2, 0.25) is 0 Å². The number of rotatable bonds is 5. The lowest BCUT2D eigenvalue weighted by molar-refractivity contribution is 0.0338. The first-order chi connectivity index (χ1) is 12.6. The molecule has 0 unspecified atom stereocenters. The van der Waals surface area contributed by atoms with Crippen molar-refractivity contribution in [3.63, 3.8) is 0 Å². The summed E-state index contributed by atoms with van der Waals surface area (Å²) in [6.07, 6.45) is 4.99. The van der Waals surface area contributed by atoms with E-state index in [1.807, 2.05) is 0 Å². The topological polar surface area (TPSA) is 27.7 Å². The van der Waals surface area contributed by atoms with Crippen molar-refractivity contribution in [2.45, 2.75) is 51.5 Å². The molecule has 144 valence electrons. The molecular formula is C21H33N3OS. The Morgan fingerprint density at radius 2 is 1.88 bits per heavy atom. The Balaban J connectivity index is 1.54. The Morgan fingerprint density at radius 3 is 2.58 bits per heavy atom. The van der Waals surface area contributed by atoms with Gasteiger partial charge in [-0.2, -0.15) is 0 Å². The van der Waals surface area contributed by atoms with Gasteiger partial charge in [-0.15, -0.1) is 0 Å². The second-order valence-electron chi connectivity index (χ2n) is 7.79. The summed E-state index contributed by atoms with van der Waals surface area (Å²) in [5, 5.41) is 4.35. The van der Waals surface area contributed by atoms with Gasteiger partial charge in [-0.05, 0) is 61.5 Å². The van der Waals surface area contributed by atoms with E-state index in [-0.39, 0.29) is 0 Å². The van der Waals surface area contributed by atoms with E-state index in [1.165, 1.54) is 31.2 Å². The third-order valence-corrected chi connectivity index (χ3v) is 5.94. The maximum atomic E-state index is 5.77. The lowest BCUT2D eigenvalue weighted by atomic mass is 9.99. The van der Waals surface area contributed by atoms with Gasteiger partial charge >= 0.3 is 0 Å². The van der Waals surface area contributed by atoms with Gasteiger partial charge in [0.1, 0.15) is 0 Å². The van der Waals surface area contributed by atoms with Crippen molar-refractivity contribution in [2.75, 3.05) is 44.7 Å². The van der Waals surface area contributed by atoms with Crippen molar-refractivity contribution in [2.24, 2.45) is 0 Å². The van der Waals surface area contributed by atoms with Gasteiger partial charge in [0.25, 0.3) is 0 Å². The summed E-state index contributed by atoms with van der Waals surface area (Å²) >= 11 is 5.77. The monoisotopic (exact) mass is 375 g/mol. The highest BCUT2D eigenvalue weighted by atomic mass is 32.1. The molecule has 2 heterocycles. The van der Waals surface area contributed by atoms with E-state index in [2.05, 4.69) is 53.2 Å². The highest BCUT2D eigenvalue weighted by molar-refractivity contribution is 7.80. The van der Waals surface area contributed by atoms with Crippen LogP contribution in [0.4, 0.5) is 5.69 Å². The van der Waals surface area contributed by atoms with Crippen molar-refractivity contribution in [3.8, 4) is 0 Å². The minimum absolute atomic E-state index is 0.557. The first-order valence-corrected chi connectivity index (χ1v) is 10.5. The van der Waals surface area contributed by atoms with Crippen LogP contribution < -0.4 is 5.32 Å². The number of morpholine rings is 1. The van der Waals surface area contributed by atoms with Gasteiger partial charge in [0.05, 0.1) is 13.2 Å². The van der Waals surface area contributed by atoms with Crippen molar-refractivity contribution in [1.29, 1.82) is 0 Å². The van der Waals surface area contributed by atoms with E-state index < -0.39 is 0 Å². The predicted molar refractivity (Wildman–Crippen MR) is 113 cm³/mol. The molecule has 4 nitrogen and oxygen atoms in total. The van der Waals surface area contributed by atoms with E-state index in [0.717, 1.165) is 50.2 Å². The minimum Gasteiger partial charge on any atom is -0.379 e. The summed E-state index contributed by atoms with van der Waals surface area (Å²) in [6, 6.07) is 9.24. The van der Waals surface area contributed by atoms with Gasteiger partial charge in [0.15, 0.2) is 5.11 Å². The molecule has 2 aliphatic rings. The number of anilines is 1. The van der Waals surface area contributed by atoms with Gasteiger partial charge in [0, 0.05) is 37.9 Å². The molecular weight excluding hydrogens is 342 g/mol. The summed E-state index contributed by atoms with van der Waals surface area (Å²) < 4.78 is 5.46. The van der Waals surface area contributed by atoms with Gasteiger partial charge < -0.3 is 15.0 Å². The maximum absolute atomic E-state index is 5.77. The number of ether oxygens (including phenoxy) is 1. The zero-order valence-corrected chi connectivity index (χ0v) is 17.1. The molecule has 1 aromatic rings. The third-order valence-electron chi connectivity index (χ3n) is 5.60. The molecule has 2 fully saturated rings. The summed E-state index contributed by atoms with van der Waals surface area (Å²) in [4.78, 5) is 4.95. The molecule has 2 saturated heterocycles. The Bertz CT molecular complexity index is 569. The van der Waals surface area contributed by atoms with Crippen molar-refractivity contribution in [1.82, 2.24) is 9.80 Å². The van der Waals surface area contributed by atoms with Crippen LogP contribution in [0.1, 0.15) is 51.0 Å². The molecule has 2 aliphatic heterocycles. The molecule has 0 radical (unpaired) electrons. The average Bonchev–Trinajstić information content (AvgIpc) is 2.68. The largest absolute Gasteiger partial charge is 0.379 e. The number of benzene rings is 1. The zero-order valence-electron chi connectivity index (χ0n) is 16.2. The van der Waals surface area contributed by atoms with Crippen LogP contribution in [0.15, 0.2) is 24.3 Å². The number of thiocarbonyl (C=S) groups is 1. The molecule has 0 aliphatic carbocycles. The SMILES string of the molecule is CC(C)c1ccc(NC(=S)N2CCCC[C@H]2CCN2CCOCC2)cc1. The number of hydrogen-bond acceptors (Lipinski definition) is 3. The molecule has 0 amide bonds. The summed E-state index contributed by atoms with van der Waals surface area (Å²) in [5.41, 5.74) is 2.46. The molecule has 3 rings (SSSR count). The number of likely N-dealkylation sites (tertiary alicyclic amines) is 1. The lowest BCUT2D eigenvalue weighted by Crippen LogP contribution is -2.47. The van der Waals surface area contributed by atoms with Crippen LogP contribution in [0.3, 0.4) is 0 Å². The number of nitrogens with zero attached hydrogens (tertiary/aromatic N) is 2. The maximum Gasteiger partial charge on any atom is 0.173 e. The average molecular weight is 376 g/mol. The summed E-state index contributed by atoms with van der Waals surface area (Å²) in [6.45, 7) is 10.6. The fourth-order valence-corrected chi connectivity index (χ4v) is 4.23. The lowest BCUT2D eigenvalue weighted by Gasteiger charge is -2.39. The van der Waals surface area contributed by atoms with Gasteiger partial charge in [-0.25, -0.2) is 0 Å². The fourth-order valence-electron chi connectivity index (χ4n) is 3.87. The van der Waals surface area contributed by atoms with Gasteiger partial charge in [-0.1, -0.05) is 26.0 Å². The molecule has 1 atom stereocenters. The summed E-state index contributed by atoms with van der Waals surface area (Å²) in [7, 11) is 0. The molecule has 0 aromatic heterocycles. The smallest absolute Gasteiger partial charge is 0.173 e. The van der Waals surface area contributed by atoms with Crippen LogP contribution in [-0.4, -0.2) is 60.3 Å².